The summed E-state index contributed by atoms with van der Waals surface area (Å²) in [6.07, 6.45) is 1.55. The van der Waals surface area contributed by atoms with E-state index in [1.54, 1.807) is 12.3 Å². The van der Waals surface area contributed by atoms with Crippen molar-refractivity contribution in [1.29, 1.82) is 0 Å². The normalized spacial score (nSPS) is 11.8. The van der Waals surface area contributed by atoms with Crippen molar-refractivity contribution >= 4 is 44.5 Å². The lowest BCUT2D eigenvalue weighted by molar-refractivity contribution is 0.477. The van der Waals surface area contributed by atoms with Gasteiger partial charge in [0.25, 0.3) is 0 Å². The molecule has 0 aliphatic heterocycles. The van der Waals surface area contributed by atoms with Gasteiger partial charge in [-0.2, -0.15) is 0 Å². The number of phenolic OH excluding ortho intramolecular Hbond substituents is 1. The zero-order valence-electron chi connectivity index (χ0n) is 13.8. The van der Waals surface area contributed by atoms with Gasteiger partial charge in [-0.15, -0.1) is 0 Å². The molecule has 0 amide bonds. The quantitative estimate of drug-likeness (QED) is 0.427. The van der Waals surface area contributed by atoms with Crippen LogP contribution in [-0.2, 0) is 0 Å². The first kappa shape index (κ1) is 14.7. The monoisotopic (exact) mass is 338 g/mol. The van der Waals surface area contributed by atoms with Crippen LogP contribution in [0.1, 0.15) is 5.89 Å². The predicted molar refractivity (Wildman–Crippen MR) is 104 cm³/mol. The maximum Gasteiger partial charge on any atom is 0.238 e. The van der Waals surface area contributed by atoms with Crippen molar-refractivity contribution < 1.29 is 9.52 Å². The number of phenols is 1. The molecule has 0 radical (unpaired) electrons. The van der Waals surface area contributed by atoms with Gasteiger partial charge in [0.05, 0.1) is 6.21 Å². The molecule has 5 rings (SSSR count). The van der Waals surface area contributed by atoms with Gasteiger partial charge in [0.15, 0.2) is 5.58 Å². The molecule has 5 aromatic rings. The number of aromatic nitrogens is 1. The molecular weight excluding hydrogens is 324 g/mol. The maximum atomic E-state index is 10.2. The molecule has 0 spiro atoms. The molecule has 4 nitrogen and oxygen atoms in total. The summed E-state index contributed by atoms with van der Waals surface area (Å²) >= 11 is 0. The highest BCUT2D eigenvalue weighted by Gasteiger charge is 2.09. The van der Waals surface area contributed by atoms with Gasteiger partial charge in [-0.25, -0.2) is 9.98 Å². The topological polar surface area (TPSA) is 58.6 Å². The molecule has 0 saturated heterocycles. The molecule has 0 unspecified atom stereocenters. The average Bonchev–Trinajstić information content (AvgIpc) is 3.11. The number of benzene rings is 4. The van der Waals surface area contributed by atoms with Crippen molar-refractivity contribution in [2.45, 2.75) is 0 Å². The molecule has 0 aliphatic rings. The predicted octanol–water partition coefficient (Wildman–Crippen LogP) is 5.59. The lowest BCUT2D eigenvalue weighted by atomic mass is 10.1. The molecule has 1 N–H and O–H groups in total. The van der Waals surface area contributed by atoms with Crippen molar-refractivity contribution in [2.75, 3.05) is 0 Å². The zero-order valence-corrected chi connectivity index (χ0v) is 13.8. The van der Waals surface area contributed by atoms with E-state index in [0.29, 0.717) is 17.2 Å². The van der Waals surface area contributed by atoms with E-state index in [-0.39, 0.29) is 5.75 Å². The fourth-order valence-corrected chi connectivity index (χ4v) is 3.23. The second kappa shape index (κ2) is 5.70. The van der Waals surface area contributed by atoms with Gasteiger partial charge in [0.1, 0.15) is 17.0 Å². The molecule has 1 aromatic heterocycles. The fraction of sp³-hybridized carbons (Fsp3) is 0. The van der Waals surface area contributed by atoms with E-state index in [2.05, 4.69) is 9.98 Å². The lowest BCUT2D eigenvalue weighted by Crippen LogP contribution is -1.81. The number of aliphatic imine (C=N–C) groups is 1. The van der Waals surface area contributed by atoms with Gasteiger partial charge < -0.3 is 9.52 Å². The molecule has 0 aliphatic carbocycles. The van der Waals surface area contributed by atoms with E-state index in [9.17, 15) is 5.11 Å². The number of rotatable bonds is 2. The van der Waals surface area contributed by atoms with Crippen LogP contribution in [0.2, 0.25) is 0 Å². The molecule has 0 bridgehead atoms. The minimum absolute atomic E-state index is 0.126. The smallest absolute Gasteiger partial charge is 0.238 e. The first-order chi connectivity index (χ1) is 12.8. The van der Waals surface area contributed by atoms with E-state index in [1.165, 1.54) is 0 Å². The Morgan fingerprint density at radius 2 is 1.50 bits per heavy atom. The van der Waals surface area contributed by atoms with E-state index < -0.39 is 0 Å². The van der Waals surface area contributed by atoms with Crippen LogP contribution >= 0.6 is 0 Å². The van der Waals surface area contributed by atoms with Crippen LogP contribution in [0, 0.1) is 0 Å². The summed E-state index contributed by atoms with van der Waals surface area (Å²) in [5.74, 6) is 0.533. The Kier molecular flexibility index (Phi) is 3.22. The first-order valence-electron chi connectivity index (χ1n) is 8.33. The van der Waals surface area contributed by atoms with Crippen LogP contribution in [-0.4, -0.2) is 16.3 Å². The Balaban J connectivity index is 1.64. The molecular formula is C22H14N2O2. The van der Waals surface area contributed by atoms with Crippen LogP contribution < -0.4 is 0 Å². The highest BCUT2D eigenvalue weighted by molar-refractivity contribution is 6.04. The molecule has 1 heterocycles. The average molecular weight is 338 g/mol. The highest BCUT2D eigenvalue weighted by atomic mass is 16.3. The van der Waals surface area contributed by atoms with Crippen molar-refractivity contribution in [3.05, 3.63) is 78.7 Å². The summed E-state index contributed by atoms with van der Waals surface area (Å²) in [5.41, 5.74) is 2.04. The molecule has 0 atom stereocenters. The van der Waals surface area contributed by atoms with Gasteiger partial charge >= 0.3 is 0 Å². The third-order valence-corrected chi connectivity index (χ3v) is 4.48. The van der Waals surface area contributed by atoms with Crippen molar-refractivity contribution in [3.63, 3.8) is 0 Å². The van der Waals surface area contributed by atoms with Crippen LogP contribution in [0.15, 0.2) is 82.2 Å². The number of fused-ring (bicyclic) bond motifs is 4. The summed E-state index contributed by atoms with van der Waals surface area (Å²) in [5, 5.41) is 14.3. The van der Waals surface area contributed by atoms with Gasteiger partial charge in [-0.1, -0.05) is 60.7 Å². The summed E-state index contributed by atoms with van der Waals surface area (Å²) in [7, 11) is 0. The third-order valence-electron chi connectivity index (χ3n) is 4.48. The van der Waals surface area contributed by atoms with E-state index in [0.717, 1.165) is 27.1 Å². The van der Waals surface area contributed by atoms with Gasteiger partial charge in [0, 0.05) is 10.8 Å². The van der Waals surface area contributed by atoms with Crippen molar-refractivity contribution in [2.24, 2.45) is 4.99 Å². The Hall–Kier alpha value is -3.66. The second-order valence-electron chi connectivity index (χ2n) is 6.10. The van der Waals surface area contributed by atoms with Crippen LogP contribution in [0.3, 0.4) is 0 Å². The number of aromatic hydroxyl groups is 1. The first-order valence-corrected chi connectivity index (χ1v) is 8.33. The largest absolute Gasteiger partial charge is 0.506 e. The standard InChI is InChI=1S/C22H14N2O2/c25-18-11-9-14-5-1-3-7-16(14)21(18)23-13-20-24-22-17-8-4-2-6-15(17)10-12-19(22)26-20/h1-13,25H. The molecule has 0 fully saturated rings. The Morgan fingerprint density at radius 3 is 2.35 bits per heavy atom. The van der Waals surface area contributed by atoms with Crippen LogP contribution in [0.4, 0.5) is 5.69 Å². The second-order valence-corrected chi connectivity index (χ2v) is 6.10. The van der Waals surface area contributed by atoms with Crippen molar-refractivity contribution in [3.8, 4) is 5.75 Å². The summed E-state index contributed by atoms with van der Waals surface area (Å²) in [4.78, 5) is 9.02. The molecule has 0 saturated carbocycles. The van der Waals surface area contributed by atoms with Crippen LogP contribution in [0.25, 0.3) is 32.6 Å². The molecule has 124 valence electrons. The van der Waals surface area contributed by atoms with Gasteiger partial charge in [-0.3, -0.25) is 0 Å². The number of hydrogen-bond acceptors (Lipinski definition) is 4. The summed E-state index contributed by atoms with van der Waals surface area (Å²) in [6, 6.07) is 23.3. The summed E-state index contributed by atoms with van der Waals surface area (Å²) in [6.45, 7) is 0. The molecule has 4 heteroatoms. The fourth-order valence-electron chi connectivity index (χ4n) is 3.23. The molecule has 26 heavy (non-hydrogen) atoms. The van der Waals surface area contributed by atoms with E-state index in [1.807, 2.05) is 66.7 Å². The summed E-state index contributed by atoms with van der Waals surface area (Å²) < 4.78 is 5.81. The van der Waals surface area contributed by atoms with Crippen LogP contribution in [0.5, 0.6) is 5.75 Å². The van der Waals surface area contributed by atoms with E-state index >= 15 is 0 Å². The SMILES string of the molecule is Oc1ccc2ccccc2c1N=Cc1nc2c(ccc3ccccc32)o1. The third kappa shape index (κ3) is 2.31. The number of oxazole rings is 1. The van der Waals surface area contributed by atoms with Crippen molar-refractivity contribution in [1.82, 2.24) is 4.98 Å². The minimum Gasteiger partial charge on any atom is -0.506 e. The van der Waals surface area contributed by atoms with E-state index in [4.69, 9.17) is 4.42 Å². The number of hydrogen-bond donors (Lipinski definition) is 1. The maximum absolute atomic E-state index is 10.2. The number of nitrogens with zero attached hydrogens (tertiary/aromatic N) is 2. The Morgan fingerprint density at radius 1 is 0.808 bits per heavy atom. The minimum atomic E-state index is 0.126. The molecule has 4 aromatic carbocycles. The zero-order chi connectivity index (χ0) is 17.5. The Bertz CT molecular complexity index is 1300. The highest BCUT2D eigenvalue weighted by Crippen LogP contribution is 2.35. The van der Waals surface area contributed by atoms with Gasteiger partial charge in [0.2, 0.25) is 5.89 Å². The van der Waals surface area contributed by atoms with Gasteiger partial charge in [-0.05, 0) is 22.9 Å². The lowest BCUT2D eigenvalue weighted by Gasteiger charge is -2.03. The Labute approximate surface area is 149 Å².